The number of nitrogens with one attached hydrogen (secondary N) is 2. The van der Waals surface area contributed by atoms with Crippen molar-refractivity contribution in [3.05, 3.63) is 29.8 Å². The number of benzene rings is 1. The van der Waals surface area contributed by atoms with E-state index in [1.165, 1.54) is 31.4 Å². The molecular formula is C23H33N3O4S. The first kappa shape index (κ1) is 22.3. The molecule has 0 saturated heterocycles. The van der Waals surface area contributed by atoms with E-state index >= 15 is 0 Å². The van der Waals surface area contributed by atoms with Crippen LogP contribution in [0.4, 0.5) is 0 Å². The number of carbonyl (C=O) groups excluding carboxylic acids is 2. The average Bonchev–Trinajstić information content (AvgIpc) is 2.68. The van der Waals surface area contributed by atoms with Gasteiger partial charge in [-0.3, -0.25) is 9.59 Å². The zero-order valence-electron chi connectivity index (χ0n) is 18.3. The van der Waals surface area contributed by atoms with Crippen molar-refractivity contribution in [2.45, 2.75) is 69.9 Å². The Morgan fingerprint density at radius 3 is 2.00 bits per heavy atom. The Labute approximate surface area is 184 Å². The van der Waals surface area contributed by atoms with Gasteiger partial charge in [0.15, 0.2) is 0 Å². The van der Waals surface area contributed by atoms with E-state index in [9.17, 15) is 18.0 Å². The molecule has 1 aromatic carbocycles. The van der Waals surface area contributed by atoms with E-state index in [2.05, 4.69) is 10.6 Å². The number of nitrogens with two attached hydrogens (primary N) is 1. The zero-order valence-corrected chi connectivity index (χ0v) is 19.1. The number of hydrogen-bond donors (Lipinski definition) is 3. The number of sulfonamides is 1. The van der Waals surface area contributed by atoms with Crippen molar-refractivity contribution in [2.75, 3.05) is 0 Å². The highest BCUT2D eigenvalue weighted by atomic mass is 32.2. The number of carbonyl (C=O) groups is 2. The number of rotatable bonds is 7. The summed E-state index contributed by atoms with van der Waals surface area (Å²) in [7, 11) is -3.74. The van der Waals surface area contributed by atoms with Crippen LogP contribution < -0.4 is 15.8 Å². The van der Waals surface area contributed by atoms with E-state index in [0.717, 1.165) is 24.8 Å². The standard InChI is InChI=1S/C23H33N3O4S/c1-14(2)20(21(27)25-13-15-3-5-19(6-4-15)31(24,29)30)26-22(28)23-10-16-7-17(11-23)9-18(8-16)12-23/h3-6,14,16-18,20H,7-13H2,1-2H3,(H,25,27)(H,26,28)(H2,24,29,30)/t16?,17?,18?,20-,23?/m1/s1. The summed E-state index contributed by atoms with van der Waals surface area (Å²) in [6, 6.07) is 5.50. The van der Waals surface area contributed by atoms with Crippen LogP contribution in [0.25, 0.3) is 0 Å². The van der Waals surface area contributed by atoms with Crippen molar-refractivity contribution in [3.63, 3.8) is 0 Å². The summed E-state index contributed by atoms with van der Waals surface area (Å²) < 4.78 is 22.7. The molecule has 4 N–H and O–H groups in total. The number of amides is 2. The lowest BCUT2D eigenvalue weighted by atomic mass is 9.49. The van der Waals surface area contributed by atoms with Crippen LogP contribution in [0.3, 0.4) is 0 Å². The maximum Gasteiger partial charge on any atom is 0.243 e. The van der Waals surface area contributed by atoms with Gasteiger partial charge in [-0.25, -0.2) is 13.6 Å². The van der Waals surface area contributed by atoms with E-state index < -0.39 is 16.1 Å². The summed E-state index contributed by atoms with van der Waals surface area (Å²) in [5, 5.41) is 11.1. The fourth-order valence-electron chi connectivity index (χ4n) is 6.31. The minimum atomic E-state index is -3.74. The molecular weight excluding hydrogens is 414 g/mol. The van der Waals surface area contributed by atoms with E-state index in [4.69, 9.17) is 5.14 Å². The van der Waals surface area contributed by atoms with Crippen molar-refractivity contribution >= 4 is 21.8 Å². The largest absolute Gasteiger partial charge is 0.350 e. The van der Waals surface area contributed by atoms with Gasteiger partial charge in [-0.15, -0.1) is 0 Å². The van der Waals surface area contributed by atoms with Crippen LogP contribution in [0.2, 0.25) is 0 Å². The third kappa shape index (κ3) is 4.65. The van der Waals surface area contributed by atoms with Crippen LogP contribution in [0, 0.1) is 29.1 Å². The molecule has 1 aromatic rings. The van der Waals surface area contributed by atoms with Crippen molar-refractivity contribution in [1.29, 1.82) is 0 Å². The molecule has 0 radical (unpaired) electrons. The fraction of sp³-hybridized carbons (Fsp3) is 0.652. The molecule has 5 rings (SSSR count). The Morgan fingerprint density at radius 2 is 1.55 bits per heavy atom. The first-order valence-corrected chi connectivity index (χ1v) is 12.8. The summed E-state index contributed by atoms with van der Waals surface area (Å²) in [5.41, 5.74) is 0.474. The molecule has 4 aliphatic carbocycles. The lowest BCUT2D eigenvalue weighted by Crippen LogP contribution is -2.58. The summed E-state index contributed by atoms with van der Waals surface area (Å²) >= 11 is 0. The summed E-state index contributed by atoms with van der Waals surface area (Å²) in [5.74, 6) is 1.81. The van der Waals surface area contributed by atoms with Gasteiger partial charge in [0.1, 0.15) is 6.04 Å². The second-order valence-corrected chi connectivity index (χ2v) is 11.9. The van der Waals surface area contributed by atoms with Crippen LogP contribution in [0.1, 0.15) is 57.9 Å². The summed E-state index contributed by atoms with van der Waals surface area (Å²) in [6.45, 7) is 4.12. The normalized spacial score (nSPS) is 30.3. The first-order chi connectivity index (χ1) is 14.6. The molecule has 170 valence electrons. The number of hydrogen-bond acceptors (Lipinski definition) is 4. The molecule has 4 fully saturated rings. The van der Waals surface area contributed by atoms with Gasteiger partial charge in [-0.05, 0) is 79.9 Å². The molecule has 0 unspecified atom stereocenters. The molecule has 4 bridgehead atoms. The smallest absolute Gasteiger partial charge is 0.243 e. The monoisotopic (exact) mass is 447 g/mol. The van der Waals surface area contributed by atoms with Crippen LogP contribution in [0.5, 0.6) is 0 Å². The molecule has 0 heterocycles. The van der Waals surface area contributed by atoms with Gasteiger partial charge >= 0.3 is 0 Å². The molecule has 4 saturated carbocycles. The molecule has 8 heteroatoms. The third-order valence-corrected chi connectivity index (χ3v) is 8.40. The van der Waals surface area contributed by atoms with E-state index in [1.54, 1.807) is 12.1 Å². The maximum atomic E-state index is 13.4. The molecule has 2 amide bonds. The van der Waals surface area contributed by atoms with Gasteiger partial charge in [0.25, 0.3) is 0 Å². The Balaban J connectivity index is 1.38. The quantitative estimate of drug-likeness (QED) is 0.594. The fourth-order valence-corrected chi connectivity index (χ4v) is 6.83. The molecule has 1 atom stereocenters. The van der Waals surface area contributed by atoms with Gasteiger partial charge < -0.3 is 10.6 Å². The lowest BCUT2D eigenvalue weighted by Gasteiger charge is -2.55. The van der Waals surface area contributed by atoms with E-state index in [1.807, 2.05) is 13.8 Å². The van der Waals surface area contributed by atoms with E-state index in [0.29, 0.717) is 17.8 Å². The first-order valence-electron chi connectivity index (χ1n) is 11.3. The molecule has 31 heavy (non-hydrogen) atoms. The van der Waals surface area contributed by atoms with Crippen LogP contribution in [0.15, 0.2) is 29.2 Å². The van der Waals surface area contributed by atoms with E-state index in [-0.39, 0.29) is 34.6 Å². The Bertz CT molecular complexity index is 920. The molecule has 0 spiro atoms. The lowest BCUT2D eigenvalue weighted by molar-refractivity contribution is -0.149. The average molecular weight is 448 g/mol. The Morgan fingerprint density at radius 1 is 1.03 bits per heavy atom. The van der Waals surface area contributed by atoms with Crippen LogP contribution in [-0.2, 0) is 26.2 Å². The highest BCUT2D eigenvalue weighted by Crippen LogP contribution is 2.60. The third-order valence-electron chi connectivity index (χ3n) is 7.47. The second-order valence-electron chi connectivity index (χ2n) is 10.3. The molecule has 0 aliphatic heterocycles. The predicted octanol–water partition coefficient (Wildman–Crippen LogP) is 2.31. The Hall–Kier alpha value is -1.93. The highest BCUT2D eigenvalue weighted by Gasteiger charge is 2.55. The molecule has 4 aliphatic rings. The predicted molar refractivity (Wildman–Crippen MR) is 117 cm³/mol. The van der Waals surface area contributed by atoms with Gasteiger partial charge in [0, 0.05) is 12.0 Å². The SMILES string of the molecule is CC(C)[C@@H](NC(=O)C12CC3CC(CC(C3)C1)C2)C(=O)NCc1ccc(S(N)(=O)=O)cc1. The van der Waals surface area contributed by atoms with Gasteiger partial charge in [-0.2, -0.15) is 0 Å². The summed E-state index contributed by atoms with van der Waals surface area (Å²) in [6.07, 6.45) is 6.70. The maximum absolute atomic E-state index is 13.4. The highest BCUT2D eigenvalue weighted by molar-refractivity contribution is 7.89. The molecule has 7 nitrogen and oxygen atoms in total. The zero-order chi connectivity index (χ0) is 22.4. The number of primary sulfonamides is 1. The van der Waals surface area contributed by atoms with Crippen molar-refractivity contribution in [1.82, 2.24) is 10.6 Å². The van der Waals surface area contributed by atoms with Gasteiger partial charge in [0.05, 0.1) is 4.90 Å². The minimum absolute atomic E-state index is 0.0328. The van der Waals surface area contributed by atoms with Crippen molar-refractivity contribution in [3.8, 4) is 0 Å². The van der Waals surface area contributed by atoms with Crippen molar-refractivity contribution in [2.24, 2.45) is 34.2 Å². The molecule has 0 aromatic heterocycles. The minimum Gasteiger partial charge on any atom is -0.350 e. The van der Waals surface area contributed by atoms with Crippen molar-refractivity contribution < 1.29 is 18.0 Å². The van der Waals surface area contributed by atoms with Crippen LogP contribution >= 0.6 is 0 Å². The Kier molecular flexibility index (Phi) is 5.89. The van der Waals surface area contributed by atoms with Gasteiger partial charge in [0.2, 0.25) is 21.8 Å². The second kappa shape index (κ2) is 8.20. The summed E-state index contributed by atoms with van der Waals surface area (Å²) in [4.78, 5) is 26.3. The topological polar surface area (TPSA) is 118 Å². The van der Waals surface area contributed by atoms with Crippen LogP contribution in [-0.4, -0.2) is 26.3 Å². The van der Waals surface area contributed by atoms with Gasteiger partial charge in [-0.1, -0.05) is 26.0 Å².